The maximum absolute atomic E-state index is 13.5. The Labute approximate surface area is 245 Å². The van der Waals surface area contributed by atoms with Gasteiger partial charge >= 0.3 is 6.61 Å². The van der Waals surface area contributed by atoms with Crippen molar-refractivity contribution in [2.75, 3.05) is 11.1 Å². The van der Waals surface area contributed by atoms with Crippen LogP contribution >= 0.6 is 19.9 Å². The molecule has 2 atom stereocenters. The molecule has 1 N–H and O–H groups in total. The molecule has 2 unspecified atom stereocenters. The minimum absolute atomic E-state index is 0.000583. The first-order chi connectivity index (χ1) is 19.6. The molecule has 12 heteroatoms. The molecular formula is C29H38F2N6O2S2. The van der Waals surface area contributed by atoms with Gasteiger partial charge in [0.25, 0.3) is 5.91 Å². The van der Waals surface area contributed by atoms with Crippen LogP contribution in [0.15, 0.2) is 53.9 Å². The lowest BCUT2D eigenvalue weighted by Gasteiger charge is -2.49. The predicted molar refractivity (Wildman–Crippen MR) is 164 cm³/mol. The fourth-order valence-corrected chi connectivity index (χ4v) is 13.3. The first kappa shape index (κ1) is 30.8. The van der Waals surface area contributed by atoms with E-state index in [4.69, 9.17) is 4.74 Å². The van der Waals surface area contributed by atoms with E-state index in [2.05, 4.69) is 55.1 Å². The van der Waals surface area contributed by atoms with E-state index in [-0.39, 0.29) is 11.3 Å². The highest BCUT2D eigenvalue weighted by molar-refractivity contribution is 8.94. The van der Waals surface area contributed by atoms with Crippen LogP contribution in [-0.4, -0.2) is 53.1 Å². The van der Waals surface area contributed by atoms with Crippen molar-refractivity contribution in [1.29, 1.82) is 0 Å². The second kappa shape index (κ2) is 13.2. The van der Waals surface area contributed by atoms with E-state index in [1.165, 1.54) is 15.4 Å². The molecule has 3 heterocycles. The molecule has 0 saturated heterocycles. The number of hydrogen-bond donors (Lipinski definition) is 1. The number of halogens is 2. The molecule has 0 aliphatic carbocycles. The summed E-state index contributed by atoms with van der Waals surface area (Å²) >= 11 is 0. The van der Waals surface area contributed by atoms with Gasteiger partial charge in [-0.2, -0.15) is 28.0 Å². The van der Waals surface area contributed by atoms with E-state index < -0.39 is 21.6 Å². The van der Waals surface area contributed by atoms with Crippen LogP contribution in [0.25, 0.3) is 16.9 Å². The number of carbonyl (C=O) groups is 1. The molecule has 0 saturated carbocycles. The van der Waals surface area contributed by atoms with E-state index in [9.17, 15) is 13.6 Å². The second-order valence-electron chi connectivity index (χ2n) is 10.0. The molecule has 4 rings (SSSR count). The minimum atomic E-state index is -3.01. The summed E-state index contributed by atoms with van der Waals surface area (Å²) in [6.45, 7) is 8.35. The predicted octanol–water partition coefficient (Wildman–Crippen LogP) is 7.80. The highest BCUT2D eigenvalue weighted by atomic mass is 33.2. The van der Waals surface area contributed by atoms with Crippen molar-refractivity contribution in [2.45, 2.75) is 75.9 Å². The molecule has 0 aliphatic rings. The summed E-state index contributed by atoms with van der Waals surface area (Å²) in [7, 11) is 2.45. The topological polar surface area (TPSA) is 86.3 Å². The fraction of sp³-hybridized carbons (Fsp3) is 0.448. The minimum Gasteiger partial charge on any atom is -0.434 e. The van der Waals surface area contributed by atoms with Gasteiger partial charge in [-0.15, -0.1) is 0 Å². The van der Waals surface area contributed by atoms with Crippen molar-refractivity contribution >= 4 is 37.1 Å². The lowest BCUT2D eigenvalue weighted by molar-refractivity contribution is -0.0494. The van der Waals surface area contributed by atoms with Crippen molar-refractivity contribution in [3.63, 3.8) is 0 Å². The highest BCUT2D eigenvalue weighted by Crippen LogP contribution is 2.71. The molecule has 8 nitrogen and oxygen atoms in total. The Balaban J connectivity index is 1.77. The van der Waals surface area contributed by atoms with Crippen LogP contribution < -0.4 is 10.1 Å². The van der Waals surface area contributed by atoms with Crippen molar-refractivity contribution in [2.24, 2.45) is 7.05 Å². The Morgan fingerprint density at radius 2 is 1.90 bits per heavy atom. The molecule has 0 bridgehead atoms. The van der Waals surface area contributed by atoms with Crippen LogP contribution in [0.5, 0.6) is 5.75 Å². The van der Waals surface area contributed by atoms with Crippen LogP contribution in [0.4, 0.5) is 14.5 Å². The largest absolute Gasteiger partial charge is 0.434 e. The van der Waals surface area contributed by atoms with Gasteiger partial charge in [0.2, 0.25) is 0 Å². The summed E-state index contributed by atoms with van der Waals surface area (Å²) in [5, 5.41) is 12.7. The average Bonchev–Trinajstić information content (AvgIpc) is 3.55. The number of anilines is 1. The number of benzene rings is 1. The number of aryl methyl sites for hydroxylation is 1. The third-order valence-corrected chi connectivity index (χ3v) is 16.5. The standard InChI is InChI=1S/C29H38F2N6O2S2/c1-7-15-41(19(4)8-2,20(5)9-3)40-21-11-12-25(39-29(30)31)22(16-21)26-24(18-36(6)35-26)34-28(38)23-17-33-37-14-10-13-32-27(23)37/h10-14,16-20,29H,7-9,15H2,1-6H3,(H,34,38). The maximum atomic E-state index is 13.5. The van der Waals surface area contributed by atoms with Gasteiger partial charge < -0.3 is 10.1 Å². The van der Waals surface area contributed by atoms with Crippen LogP contribution in [0, 0.1) is 0 Å². The van der Waals surface area contributed by atoms with Crippen LogP contribution in [-0.2, 0) is 7.05 Å². The number of ether oxygens (including phenoxy) is 1. The Morgan fingerprint density at radius 1 is 1.17 bits per heavy atom. The SMILES string of the molecule is CCCS(Sc1ccc(OC(F)F)c(-c2nn(C)cc2NC(=O)c2cnn3cccnc23)c1)(C(C)CC)C(C)CC. The highest BCUT2D eigenvalue weighted by Gasteiger charge is 2.35. The number of nitrogens with one attached hydrogen (secondary N) is 1. The summed E-state index contributed by atoms with van der Waals surface area (Å²) in [5.41, 5.74) is 1.78. The van der Waals surface area contributed by atoms with Gasteiger partial charge in [0, 0.05) is 36.1 Å². The van der Waals surface area contributed by atoms with Crippen molar-refractivity contribution < 1.29 is 18.3 Å². The van der Waals surface area contributed by atoms with Crippen LogP contribution in [0.1, 0.15) is 64.2 Å². The molecule has 41 heavy (non-hydrogen) atoms. The molecule has 222 valence electrons. The number of nitrogens with zero attached hydrogens (tertiary/aromatic N) is 5. The van der Waals surface area contributed by atoms with Gasteiger partial charge in [0.05, 0.1) is 11.9 Å². The number of fused-ring (bicyclic) bond motifs is 1. The van der Waals surface area contributed by atoms with Crippen molar-refractivity contribution in [3.8, 4) is 17.0 Å². The molecule has 0 fully saturated rings. The molecule has 1 aromatic carbocycles. The van der Waals surface area contributed by atoms with Gasteiger partial charge in [-0.05, 0) is 59.8 Å². The summed E-state index contributed by atoms with van der Waals surface area (Å²) < 4.78 is 35.0. The number of rotatable bonds is 13. The van der Waals surface area contributed by atoms with E-state index in [0.717, 1.165) is 29.9 Å². The molecule has 0 spiro atoms. The maximum Gasteiger partial charge on any atom is 0.387 e. The zero-order chi connectivity index (χ0) is 29.7. The van der Waals surface area contributed by atoms with Crippen molar-refractivity contribution in [1.82, 2.24) is 24.4 Å². The summed E-state index contributed by atoms with van der Waals surface area (Å²) in [6, 6.07) is 7.04. The monoisotopic (exact) mass is 604 g/mol. The van der Waals surface area contributed by atoms with Gasteiger partial charge in [0.15, 0.2) is 5.65 Å². The molecule has 4 aromatic rings. The Morgan fingerprint density at radius 3 is 2.56 bits per heavy atom. The lowest BCUT2D eigenvalue weighted by Crippen LogP contribution is -2.24. The quantitative estimate of drug-likeness (QED) is 0.157. The van der Waals surface area contributed by atoms with E-state index in [1.807, 2.05) is 22.9 Å². The number of aromatic nitrogens is 5. The van der Waals surface area contributed by atoms with E-state index in [1.54, 1.807) is 37.8 Å². The van der Waals surface area contributed by atoms with E-state index >= 15 is 0 Å². The molecule has 0 radical (unpaired) electrons. The summed E-state index contributed by atoms with van der Waals surface area (Å²) in [6.07, 6.45) is 9.58. The van der Waals surface area contributed by atoms with Gasteiger partial charge in [0.1, 0.15) is 17.0 Å². The first-order valence-electron chi connectivity index (χ1n) is 13.8. The van der Waals surface area contributed by atoms with Crippen LogP contribution in [0.3, 0.4) is 0 Å². The number of carbonyl (C=O) groups excluding carboxylic acids is 1. The average molecular weight is 605 g/mol. The Kier molecular flexibility index (Phi) is 9.96. The van der Waals surface area contributed by atoms with Gasteiger partial charge in [-0.1, -0.05) is 45.4 Å². The third kappa shape index (κ3) is 6.53. The molecular weight excluding hydrogens is 566 g/mol. The van der Waals surface area contributed by atoms with Gasteiger partial charge in [-0.25, -0.2) is 9.50 Å². The smallest absolute Gasteiger partial charge is 0.387 e. The number of hydrogen-bond acceptors (Lipinski definition) is 6. The summed E-state index contributed by atoms with van der Waals surface area (Å²) in [5.74, 6) is 0.680. The lowest BCUT2D eigenvalue weighted by atomic mass is 10.1. The Bertz CT molecular complexity index is 1480. The van der Waals surface area contributed by atoms with Crippen molar-refractivity contribution in [3.05, 3.63) is 54.6 Å². The zero-order valence-electron chi connectivity index (χ0n) is 24.3. The van der Waals surface area contributed by atoms with E-state index in [0.29, 0.717) is 33.1 Å². The molecule has 1 amide bonds. The third-order valence-electron chi connectivity index (χ3n) is 7.31. The van der Waals surface area contributed by atoms with Gasteiger partial charge in [-0.3, -0.25) is 9.48 Å². The fourth-order valence-electron chi connectivity index (χ4n) is 4.97. The second-order valence-corrected chi connectivity index (χ2v) is 16.6. The number of alkyl halides is 2. The Hall–Kier alpha value is -3.12. The number of amides is 1. The van der Waals surface area contributed by atoms with Crippen LogP contribution in [0.2, 0.25) is 0 Å². The molecule has 0 aliphatic heterocycles. The summed E-state index contributed by atoms with van der Waals surface area (Å²) in [4.78, 5) is 18.5. The molecule has 3 aromatic heterocycles. The normalized spacial score (nSPS) is 15.4. The first-order valence-corrected chi connectivity index (χ1v) is 17.1. The zero-order valence-corrected chi connectivity index (χ0v) is 25.9.